The molecule has 104 valence electrons. The second-order valence-electron chi connectivity index (χ2n) is 4.50. The Hall–Kier alpha value is -2.04. The van der Waals surface area contributed by atoms with Crippen molar-refractivity contribution in [1.82, 2.24) is 4.90 Å². The van der Waals surface area contributed by atoms with Crippen LogP contribution in [0.5, 0.6) is 5.75 Å². The highest BCUT2D eigenvalue weighted by atomic mass is 16.3. The van der Waals surface area contributed by atoms with Gasteiger partial charge in [-0.05, 0) is 25.5 Å². The second-order valence-corrected chi connectivity index (χ2v) is 4.50. The number of amides is 2. The molecule has 2 amide bonds. The summed E-state index contributed by atoms with van der Waals surface area (Å²) >= 11 is 0. The molecule has 19 heavy (non-hydrogen) atoms. The van der Waals surface area contributed by atoms with Crippen LogP contribution < -0.4 is 5.73 Å². The predicted molar refractivity (Wildman–Crippen MR) is 72.8 cm³/mol. The topological polar surface area (TPSA) is 83.6 Å². The summed E-state index contributed by atoms with van der Waals surface area (Å²) in [6.07, 6.45) is 1.72. The number of hydrogen-bond acceptors (Lipinski definition) is 3. The van der Waals surface area contributed by atoms with Gasteiger partial charge in [0.05, 0.1) is 6.54 Å². The zero-order valence-corrected chi connectivity index (χ0v) is 11.3. The molecule has 0 aliphatic carbocycles. The summed E-state index contributed by atoms with van der Waals surface area (Å²) in [6.45, 7) is 4.05. The number of unbranched alkanes of at least 4 members (excludes halogenated alkanes) is 1. The van der Waals surface area contributed by atoms with E-state index in [1.807, 2.05) is 6.92 Å². The Labute approximate surface area is 113 Å². The third kappa shape index (κ3) is 3.98. The number of carbonyl (C=O) groups is 2. The van der Waals surface area contributed by atoms with Crippen LogP contribution in [0.4, 0.5) is 0 Å². The normalized spacial score (nSPS) is 10.2. The van der Waals surface area contributed by atoms with Crippen LogP contribution in [0, 0.1) is 6.92 Å². The number of primary amides is 1. The highest BCUT2D eigenvalue weighted by Gasteiger charge is 2.19. The van der Waals surface area contributed by atoms with E-state index in [-0.39, 0.29) is 18.2 Å². The molecular weight excluding hydrogens is 244 g/mol. The summed E-state index contributed by atoms with van der Waals surface area (Å²) in [4.78, 5) is 24.8. The van der Waals surface area contributed by atoms with Gasteiger partial charge in [0.15, 0.2) is 0 Å². The molecule has 0 unspecified atom stereocenters. The van der Waals surface area contributed by atoms with Gasteiger partial charge < -0.3 is 15.7 Å². The van der Waals surface area contributed by atoms with Crippen molar-refractivity contribution in [3.63, 3.8) is 0 Å². The number of phenols is 1. The maximum atomic E-state index is 12.4. The zero-order valence-electron chi connectivity index (χ0n) is 11.3. The number of nitrogens with two attached hydrogens (primary N) is 1. The lowest BCUT2D eigenvalue weighted by Gasteiger charge is -2.22. The Morgan fingerprint density at radius 2 is 2.05 bits per heavy atom. The predicted octanol–water partition coefficient (Wildman–Crippen LogP) is 1.43. The Morgan fingerprint density at radius 3 is 2.63 bits per heavy atom. The number of aromatic hydroxyl groups is 1. The monoisotopic (exact) mass is 264 g/mol. The lowest BCUT2D eigenvalue weighted by Crippen LogP contribution is -2.39. The minimum absolute atomic E-state index is 0.0698. The minimum atomic E-state index is -0.540. The number of nitrogens with zero attached hydrogens (tertiary/aromatic N) is 1. The van der Waals surface area contributed by atoms with Crippen LogP contribution in [-0.2, 0) is 4.79 Å². The summed E-state index contributed by atoms with van der Waals surface area (Å²) in [7, 11) is 0. The third-order valence-corrected chi connectivity index (χ3v) is 2.95. The van der Waals surface area contributed by atoms with E-state index in [9.17, 15) is 14.7 Å². The fourth-order valence-corrected chi connectivity index (χ4v) is 1.81. The molecule has 0 atom stereocenters. The van der Waals surface area contributed by atoms with Crippen molar-refractivity contribution >= 4 is 11.8 Å². The SMILES string of the molecule is CCCCN(CC(N)=O)C(=O)c1cccc(O)c1C. The van der Waals surface area contributed by atoms with Crippen LogP contribution >= 0.6 is 0 Å². The molecule has 0 radical (unpaired) electrons. The van der Waals surface area contributed by atoms with Gasteiger partial charge in [-0.2, -0.15) is 0 Å². The quantitative estimate of drug-likeness (QED) is 0.815. The van der Waals surface area contributed by atoms with Crippen LogP contribution in [-0.4, -0.2) is 34.9 Å². The van der Waals surface area contributed by atoms with Gasteiger partial charge in [0.25, 0.3) is 5.91 Å². The molecule has 0 fully saturated rings. The summed E-state index contributed by atoms with van der Waals surface area (Å²) in [5.41, 5.74) is 6.08. The molecule has 1 rings (SSSR count). The van der Waals surface area contributed by atoms with Crippen molar-refractivity contribution in [2.24, 2.45) is 5.73 Å². The molecular formula is C14H20N2O3. The highest BCUT2D eigenvalue weighted by molar-refractivity contribution is 5.98. The smallest absolute Gasteiger partial charge is 0.254 e. The zero-order chi connectivity index (χ0) is 14.4. The Kier molecular flexibility index (Phi) is 5.36. The van der Waals surface area contributed by atoms with E-state index < -0.39 is 5.91 Å². The third-order valence-electron chi connectivity index (χ3n) is 2.95. The lowest BCUT2D eigenvalue weighted by molar-refractivity contribution is -0.118. The molecule has 0 saturated heterocycles. The number of hydrogen-bond donors (Lipinski definition) is 2. The second kappa shape index (κ2) is 6.78. The first-order valence-corrected chi connectivity index (χ1v) is 6.33. The molecule has 0 aliphatic rings. The first-order valence-electron chi connectivity index (χ1n) is 6.33. The van der Waals surface area contributed by atoms with Gasteiger partial charge >= 0.3 is 0 Å². The first kappa shape index (κ1) is 15.0. The van der Waals surface area contributed by atoms with Crippen LogP contribution in [0.1, 0.15) is 35.7 Å². The van der Waals surface area contributed by atoms with E-state index >= 15 is 0 Å². The lowest BCUT2D eigenvalue weighted by atomic mass is 10.1. The molecule has 0 saturated carbocycles. The fraction of sp³-hybridized carbons (Fsp3) is 0.429. The van der Waals surface area contributed by atoms with Crippen molar-refractivity contribution in [2.75, 3.05) is 13.1 Å². The highest BCUT2D eigenvalue weighted by Crippen LogP contribution is 2.21. The molecule has 1 aromatic rings. The molecule has 3 N–H and O–H groups in total. The Balaban J connectivity index is 2.97. The maximum Gasteiger partial charge on any atom is 0.254 e. The average Bonchev–Trinajstić information content (AvgIpc) is 2.36. The maximum absolute atomic E-state index is 12.4. The summed E-state index contributed by atoms with van der Waals surface area (Å²) in [5.74, 6) is -0.747. The van der Waals surface area contributed by atoms with E-state index in [4.69, 9.17) is 5.73 Å². The average molecular weight is 264 g/mol. The van der Waals surface area contributed by atoms with Crippen LogP contribution in [0.2, 0.25) is 0 Å². The molecule has 0 spiro atoms. The van der Waals surface area contributed by atoms with Crippen LogP contribution in [0.25, 0.3) is 0 Å². The van der Waals surface area contributed by atoms with Gasteiger partial charge in [-0.3, -0.25) is 9.59 Å². The van der Waals surface area contributed by atoms with E-state index in [0.29, 0.717) is 17.7 Å². The largest absolute Gasteiger partial charge is 0.508 e. The van der Waals surface area contributed by atoms with Crippen molar-refractivity contribution < 1.29 is 14.7 Å². The van der Waals surface area contributed by atoms with Crippen LogP contribution in [0.3, 0.4) is 0 Å². The van der Waals surface area contributed by atoms with Crippen molar-refractivity contribution in [2.45, 2.75) is 26.7 Å². The van der Waals surface area contributed by atoms with E-state index in [0.717, 1.165) is 12.8 Å². The molecule has 0 aromatic heterocycles. The molecule has 5 heteroatoms. The molecule has 0 aliphatic heterocycles. The minimum Gasteiger partial charge on any atom is -0.508 e. The van der Waals surface area contributed by atoms with E-state index in [2.05, 4.69) is 0 Å². The van der Waals surface area contributed by atoms with Crippen molar-refractivity contribution in [3.05, 3.63) is 29.3 Å². The molecule has 1 aromatic carbocycles. The Bertz CT molecular complexity index is 472. The van der Waals surface area contributed by atoms with Crippen LogP contribution in [0.15, 0.2) is 18.2 Å². The number of carbonyl (C=O) groups excluding carboxylic acids is 2. The standard InChI is InChI=1S/C14H20N2O3/c1-3-4-8-16(9-13(15)18)14(19)11-6-5-7-12(17)10(11)2/h5-7,17H,3-4,8-9H2,1-2H3,(H2,15,18). The van der Waals surface area contributed by atoms with Gasteiger partial charge in [-0.15, -0.1) is 0 Å². The van der Waals surface area contributed by atoms with Gasteiger partial charge in [-0.1, -0.05) is 19.4 Å². The fourth-order valence-electron chi connectivity index (χ4n) is 1.81. The van der Waals surface area contributed by atoms with Gasteiger partial charge in [-0.25, -0.2) is 0 Å². The number of phenolic OH excluding ortho intramolecular Hbond substituents is 1. The molecule has 0 bridgehead atoms. The van der Waals surface area contributed by atoms with E-state index in [1.165, 1.54) is 11.0 Å². The van der Waals surface area contributed by atoms with Gasteiger partial charge in [0.2, 0.25) is 5.91 Å². The first-order chi connectivity index (χ1) is 8.97. The number of rotatable bonds is 6. The van der Waals surface area contributed by atoms with Crippen molar-refractivity contribution in [1.29, 1.82) is 0 Å². The summed E-state index contributed by atoms with van der Waals surface area (Å²) in [6, 6.07) is 4.77. The van der Waals surface area contributed by atoms with Crippen molar-refractivity contribution in [3.8, 4) is 5.75 Å². The van der Waals surface area contributed by atoms with Gasteiger partial charge in [0, 0.05) is 17.7 Å². The number of benzene rings is 1. The summed E-state index contributed by atoms with van der Waals surface area (Å²) < 4.78 is 0. The molecule has 5 nitrogen and oxygen atoms in total. The van der Waals surface area contributed by atoms with E-state index in [1.54, 1.807) is 19.1 Å². The van der Waals surface area contributed by atoms with Gasteiger partial charge in [0.1, 0.15) is 5.75 Å². The Morgan fingerprint density at radius 1 is 1.37 bits per heavy atom. The summed E-state index contributed by atoms with van der Waals surface area (Å²) in [5, 5.41) is 9.63. The molecule has 0 heterocycles.